The van der Waals surface area contributed by atoms with Crippen LogP contribution in [0.4, 0.5) is 4.39 Å². The highest BCUT2D eigenvalue weighted by Gasteiger charge is 2.07. The highest BCUT2D eigenvalue weighted by atomic mass is 19.1. The molecule has 0 aliphatic carbocycles. The van der Waals surface area contributed by atoms with Crippen LogP contribution in [0.2, 0.25) is 0 Å². The van der Waals surface area contributed by atoms with E-state index in [-0.39, 0.29) is 0 Å². The van der Waals surface area contributed by atoms with Crippen molar-refractivity contribution in [1.29, 1.82) is 0 Å². The lowest BCUT2D eigenvalue weighted by atomic mass is 10.0. The molecule has 0 atom stereocenters. The second-order valence-electron chi connectivity index (χ2n) is 4.40. The summed E-state index contributed by atoms with van der Waals surface area (Å²) in [7, 11) is 0. The average Bonchev–Trinajstić information content (AvgIpc) is 2.40. The van der Waals surface area contributed by atoms with E-state index in [4.69, 9.17) is 5.73 Å². The van der Waals surface area contributed by atoms with Crippen molar-refractivity contribution in [2.45, 2.75) is 33.1 Å². The summed E-state index contributed by atoms with van der Waals surface area (Å²) >= 11 is 0. The molecule has 0 amide bonds. The average molecular weight is 262 g/mol. The molecule has 0 radical (unpaired) electrons. The molecule has 0 aromatic rings. The number of allylic oxidation sites excluding steroid dienone is 5. The number of rotatable bonds is 5. The van der Waals surface area contributed by atoms with E-state index in [0.29, 0.717) is 17.9 Å². The summed E-state index contributed by atoms with van der Waals surface area (Å²) in [4.78, 5) is 0. The minimum atomic E-state index is -0.467. The van der Waals surface area contributed by atoms with Gasteiger partial charge in [0.1, 0.15) is 6.67 Å². The third-order valence-electron chi connectivity index (χ3n) is 3.04. The van der Waals surface area contributed by atoms with Gasteiger partial charge in [-0.05, 0) is 36.5 Å². The fraction of sp³-hybridized carbons (Fsp3) is 0.438. The Kier molecular flexibility index (Phi) is 6.76. The van der Waals surface area contributed by atoms with Crippen molar-refractivity contribution in [1.82, 2.24) is 5.32 Å². The molecule has 1 aliphatic heterocycles. The third-order valence-corrected chi connectivity index (χ3v) is 3.04. The summed E-state index contributed by atoms with van der Waals surface area (Å²) in [6.07, 6.45) is 10.1. The van der Waals surface area contributed by atoms with Crippen LogP contribution in [0.1, 0.15) is 33.1 Å². The van der Waals surface area contributed by atoms with E-state index in [9.17, 15) is 4.39 Å². The maximum Gasteiger partial charge on any atom is 0.115 e. The van der Waals surface area contributed by atoms with Gasteiger partial charge in [0.15, 0.2) is 0 Å². The summed E-state index contributed by atoms with van der Waals surface area (Å²) in [6, 6.07) is 0. The van der Waals surface area contributed by atoms with Gasteiger partial charge in [-0.1, -0.05) is 32.1 Å². The summed E-state index contributed by atoms with van der Waals surface area (Å²) in [5.74, 6) is 0.700. The van der Waals surface area contributed by atoms with E-state index < -0.39 is 6.67 Å². The molecule has 0 unspecified atom stereocenters. The number of hydrogen-bond donors (Lipinski definition) is 2. The van der Waals surface area contributed by atoms with E-state index in [1.807, 2.05) is 31.2 Å². The van der Waals surface area contributed by atoms with E-state index >= 15 is 0 Å². The number of alkyl halides is 1. The van der Waals surface area contributed by atoms with Gasteiger partial charge in [-0.3, -0.25) is 0 Å². The highest BCUT2D eigenvalue weighted by Crippen LogP contribution is 2.17. The maximum atomic E-state index is 13.1. The molecule has 2 nitrogen and oxygen atoms in total. The lowest BCUT2D eigenvalue weighted by Gasteiger charge is -2.14. The highest BCUT2D eigenvalue weighted by molar-refractivity contribution is 5.37. The Bertz CT molecular complexity index is 449. The third kappa shape index (κ3) is 4.80. The summed E-state index contributed by atoms with van der Waals surface area (Å²) in [6.45, 7) is 4.34. The van der Waals surface area contributed by atoms with Crippen molar-refractivity contribution in [2.24, 2.45) is 5.73 Å². The Morgan fingerprint density at radius 1 is 1.53 bits per heavy atom. The minimum absolute atomic E-state index is 0.467. The van der Waals surface area contributed by atoms with Gasteiger partial charge >= 0.3 is 0 Å². The molecule has 1 rings (SSSR count). The zero-order chi connectivity index (χ0) is 14.1. The molecule has 0 spiro atoms. The number of hydrogen-bond acceptors (Lipinski definition) is 2. The van der Waals surface area contributed by atoms with E-state index in [1.54, 1.807) is 0 Å². The molecule has 1 aliphatic rings. The van der Waals surface area contributed by atoms with Crippen LogP contribution in [0.15, 0.2) is 52.6 Å². The lowest BCUT2D eigenvalue weighted by molar-refractivity contribution is 0.543. The number of nitrogens with two attached hydrogens (primary N) is 1. The molecule has 0 aromatic heterocycles. The largest absolute Gasteiger partial charge is 0.385 e. The second-order valence-corrected chi connectivity index (χ2v) is 4.40. The Morgan fingerprint density at radius 3 is 2.95 bits per heavy atom. The Hall–Kier alpha value is -1.73. The maximum absolute atomic E-state index is 13.1. The van der Waals surface area contributed by atoms with Crippen LogP contribution in [0.5, 0.6) is 0 Å². The second kappa shape index (κ2) is 8.39. The Balaban J connectivity index is 3.06. The van der Waals surface area contributed by atoms with Crippen molar-refractivity contribution < 1.29 is 4.39 Å². The monoisotopic (exact) mass is 262 g/mol. The van der Waals surface area contributed by atoms with Gasteiger partial charge in [0, 0.05) is 12.1 Å². The zero-order valence-electron chi connectivity index (χ0n) is 11.8. The zero-order valence-corrected chi connectivity index (χ0v) is 11.8. The van der Waals surface area contributed by atoms with E-state index in [2.05, 4.69) is 18.0 Å². The molecular weight excluding hydrogens is 239 g/mol. The molecule has 3 heteroatoms. The normalized spacial score (nSPS) is 21.0. The lowest BCUT2D eigenvalue weighted by Crippen LogP contribution is -2.24. The standard InChI is InChI=1S/C16H23FN2/c1-3-5-6-7-15(12-17)14-9-8-13(4-2)16(18)19-11-10-14/h5-8,19H,3-4,10-12,18H2,1-2H3/b6-5?,15-7+,16-13-. The van der Waals surface area contributed by atoms with Crippen molar-refractivity contribution >= 4 is 0 Å². The first kappa shape index (κ1) is 15.3. The molecule has 1 heterocycles. The molecule has 104 valence electrons. The molecule has 0 fully saturated rings. The summed E-state index contributed by atoms with van der Waals surface area (Å²) < 4.78 is 13.1. The van der Waals surface area contributed by atoms with Crippen LogP contribution in [-0.4, -0.2) is 13.2 Å². The van der Waals surface area contributed by atoms with Crippen LogP contribution in [0, 0.1) is 0 Å². The number of halogens is 1. The fourth-order valence-electron chi connectivity index (χ4n) is 1.85. The molecular formula is C16H23FN2. The smallest absolute Gasteiger partial charge is 0.115 e. The summed E-state index contributed by atoms with van der Waals surface area (Å²) in [5, 5.41) is 3.16. The molecule has 0 saturated heterocycles. The SMILES string of the molecule is CCC=C/C=C(\CF)C1=C=C/C(CC)=C(/N)NCC1. The van der Waals surface area contributed by atoms with Gasteiger partial charge < -0.3 is 11.1 Å². The first-order valence-corrected chi connectivity index (χ1v) is 6.83. The van der Waals surface area contributed by atoms with Gasteiger partial charge in [-0.15, -0.1) is 5.73 Å². The quantitative estimate of drug-likeness (QED) is 0.588. The van der Waals surface area contributed by atoms with Crippen molar-refractivity contribution in [2.75, 3.05) is 13.2 Å². The predicted molar refractivity (Wildman–Crippen MR) is 79.2 cm³/mol. The van der Waals surface area contributed by atoms with E-state index in [1.165, 1.54) is 0 Å². The number of nitrogens with one attached hydrogen (secondary N) is 1. The molecule has 0 aromatic carbocycles. The molecule has 19 heavy (non-hydrogen) atoms. The van der Waals surface area contributed by atoms with Crippen molar-refractivity contribution in [3.05, 3.63) is 52.6 Å². The van der Waals surface area contributed by atoms with Gasteiger partial charge in [-0.25, -0.2) is 4.39 Å². The van der Waals surface area contributed by atoms with Crippen LogP contribution in [0.3, 0.4) is 0 Å². The van der Waals surface area contributed by atoms with Gasteiger partial charge in [0.25, 0.3) is 0 Å². The van der Waals surface area contributed by atoms with Crippen LogP contribution in [-0.2, 0) is 0 Å². The Labute approximate surface area is 115 Å². The molecule has 0 saturated carbocycles. The van der Waals surface area contributed by atoms with Crippen LogP contribution >= 0.6 is 0 Å². The van der Waals surface area contributed by atoms with E-state index in [0.717, 1.165) is 30.4 Å². The van der Waals surface area contributed by atoms with Crippen molar-refractivity contribution in [3.63, 3.8) is 0 Å². The Morgan fingerprint density at radius 2 is 2.32 bits per heavy atom. The first-order chi connectivity index (χ1) is 9.22. The van der Waals surface area contributed by atoms with Gasteiger partial charge in [-0.2, -0.15) is 0 Å². The van der Waals surface area contributed by atoms with Crippen molar-refractivity contribution in [3.8, 4) is 0 Å². The van der Waals surface area contributed by atoms with Crippen LogP contribution < -0.4 is 11.1 Å². The van der Waals surface area contributed by atoms with Gasteiger partial charge in [0.05, 0.1) is 5.82 Å². The molecule has 3 N–H and O–H groups in total. The van der Waals surface area contributed by atoms with Gasteiger partial charge in [0.2, 0.25) is 0 Å². The fourth-order valence-corrected chi connectivity index (χ4v) is 1.85. The topological polar surface area (TPSA) is 38.0 Å². The van der Waals surface area contributed by atoms with Crippen LogP contribution in [0.25, 0.3) is 0 Å². The first-order valence-electron chi connectivity index (χ1n) is 6.83. The molecule has 0 bridgehead atoms. The minimum Gasteiger partial charge on any atom is -0.385 e. The predicted octanol–water partition coefficient (Wildman–Crippen LogP) is 3.50. The summed E-state index contributed by atoms with van der Waals surface area (Å²) in [5.41, 5.74) is 11.7.